The van der Waals surface area contributed by atoms with Crippen molar-refractivity contribution in [2.24, 2.45) is 11.3 Å². The van der Waals surface area contributed by atoms with Gasteiger partial charge in [0.05, 0.1) is 12.5 Å². The molecule has 1 saturated heterocycles. The third-order valence-corrected chi connectivity index (χ3v) is 5.49. The van der Waals surface area contributed by atoms with Gasteiger partial charge in [-0.25, -0.2) is 0 Å². The maximum Gasteiger partial charge on any atom is 0.305 e. The highest BCUT2D eigenvalue weighted by atomic mass is 16.5. The second kappa shape index (κ2) is 5.02. The lowest BCUT2D eigenvalue weighted by Crippen LogP contribution is -2.39. The first-order valence-corrected chi connectivity index (χ1v) is 7.61. The highest BCUT2D eigenvalue weighted by Gasteiger charge is 2.60. The first kappa shape index (κ1) is 13.9. The topological polar surface area (TPSA) is 66.8 Å². The van der Waals surface area contributed by atoms with Crippen LogP contribution in [0.1, 0.15) is 44.9 Å². The van der Waals surface area contributed by atoms with Crippen LogP contribution in [0, 0.1) is 11.3 Å². The molecular weight excluding hydrogens is 258 g/mol. The fourth-order valence-corrected chi connectivity index (χ4v) is 4.24. The number of carboxylic acid groups (broad SMARTS) is 1. The summed E-state index contributed by atoms with van der Waals surface area (Å²) in [5.74, 6) is -0.509. The van der Waals surface area contributed by atoms with E-state index >= 15 is 0 Å². The Morgan fingerprint density at radius 1 is 1.35 bits per heavy atom. The molecule has 5 nitrogen and oxygen atoms in total. The van der Waals surface area contributed by atoms with Crippen LogP contribution >= 0.6 is 0 Å². The van der Waals surface area contributed by atoms with Crippen LogP contribution in [0.15, 0.2) is 0 Å². The van der Waals surface area contributed by atoms with Crippen LogP contribution in [0.25, 0.3) is 0 Å². The number of rotatable bonds is 4. The number of amides is 1. The monoisotopic (exact) mass is 281 g/mol. The van der Waals surface area contributed by atoms with Gasteiger partial charge in [0.15, 0.2) is 0 Å². The number of nitrogens with zero attached hydrogens (tertiary/aromatic N) is 1. The summed E-state index contributed by atoms with van der Waals surface area (Å²) in [4.78, 5) is 25.5. The van der Waals surface area contributed by atoms with Crippen molar-refractivity contribution in [1.29, 1.82) is 0 Å². The Bertz CT molecular complexity index is 416. The smallest absolute Gasteiger partial charge is 0.305 e. The number of likely N-dealkylation sites (tertiary alicyclic amines) is 1. The highest BCUT2D eigenvalue weighted by molar-refractivity contribution is 5.84. The third-order valence-electron chi connectivity index (χ3n) is 5.49. The minimum Gasteiger partial charge on any atom is -0.481 e. The number of ether oxygens (including phenoxy) is 1. The predicted molar refractivity (Wildman–Crippen MR) is 72.2 cm³/mol. The molecule has 3 unspecified atom stereocenters. The maximum absolute atomic E-state index is 12.7. The molecule has 20 heavy (non-hydrogen) atoms. The molecule has 1 spiro atoms. The molecule has 2 saturated carbocycles. The molecule has 0 radical (unpaired) electrons. The SMILES string of the molecule is COC1CC(CC(=O)O)N(C(=O)C2CC23CCCC3)C1. The normalized spacial score (nSPS) is 34.6. The molecule has 5 heteroatoms. The maximum atomic E-state index is 12.7. The third kappa shape index (κ3) is 2.32. The van der Waals surface area contributed by atoms with Gasteiger partial charge in [-0.15, -0.1) is 0 Å². The summed E-state index contributed by atoms with van der Waals surface area (Å²) in [7, 11) is 1.63. The standard InChI is InChI=1S/C15H23NO4/c1-20-11-6-10(7-13(17)18)16(9-11)14(19)12-8-15(12)4-2-3-5-15/h10-12H,2-9H2,1H3,(H,17,18). The van der Waals surface area contributed by atoms with E-state index in [1.807, 2.05) is 0 Å². The zero-order valence-corrected chi connectivity index (χ0v) is 12.0. The summed E-state index contributed by atoms with van der Waals surface area (Å²) in [5, 5.41) is 9.01. The van der Waals surface area contributed by atoms with Gasteiger partial charge in [0.25, 0.3) is 0 Å². The van der Waals surface area contributed by atoms with Gasteiger partial charge in [-0.2, -0.15) is 0 Å². The van der Waals surface area contributed by atoms with Gasteiger partial charge in [0, 0.05) is 25.6 Å². The van der Waals surface area contributed by atoms with Crippen LogP contribution < -0.4 is 0 Å². The van der Waals surface area contributed by atoms with Crippen LogP contribution in [0.2, 0.25) is 0 Å². The first-order valence-electron chi connectivity index (χ1n) is 7.61. The predicted octanol–water partition coefficient (Wildman–Crippen LogP) is 1.66. The molecule has 0 aromatic rings. The second-order valence-electron chi connectivity index (χ2n) is 6.66. The van der Waals surface area contributed by atoms with Gasteiger partial charge in [-0.1, -0.05) is 12.8 Å². The molecule has 1 amide bonds. The van der Waals surface area contributed by atoms with E-state index in [9.17, 15) is 9.59 Å². The zero-order chi connectivity index (χ0) is 14.3. The molecule has 0 bridgehead atoms. The minimum atomic E-state index is -0.837. The summed E-state index contributed by atoms with van der Waals surface area (Å²) in [6.07, 6.45) is 6.51. The molecule has 1 heterocycles. The van der Waals surface area contributed by atoms with E-state index in [0.717, 1.165) is 6.42 Å². The number of hydrogen-bond acceptors (Lipinski definition) is 3. The molecule has 2 aliphatic carbocycles. The molecule has 112 valence electrons. The van der Waals surface area contributed by atoms with Gasteiger partial charge < -0.3 is 14.7 Å². The van der Waals surface area contributed by atoms with E-state index < -0.39 is 5.97 Å². The van der Waals surface area contributed by atoms with E-state index in [1.165, 1.54) is 25.7 Å². The highest BCUT2D eigenvalue weighted by Crippen LogP contribution is 2.63. The van der Waals surface area contributed by atoms with Crippen LogP contribution in [0.4, 0.5) is 0 Å². The van der Waals surface area contributed by atoms with Crippen LogP contribution in [0.5, 0.6) is 0 Å². The lowest BCUT2D eigenvalue weighted by molar-refractivity contribution is -0.140. The van der Waals surface area contributed by atoms with Gasteiger partial charge in [-0.05, 0) is 31.1 Å². The van der Waals surface area contributed by atoms with E-state index in [1.54, 1.807) is 12.0 Å². The van der Waals surface area contributed by atoms with Crippen molar-refractivity contribution in [2.45, 2.75) is 57.1 Å². The molecule has 3 atom stereocenters. The van der Waals surface area contributed by atoms with Crippen molar-refractivity contribution in [2.75, 3.05) is 13.7 Å². The summed E-state index contributed by atoms with van der Waals surface area (Å²) in [5.41, 5.74) is 0.274. The molecule has 3 fully saturated rings. The van der Waals surface area contributed by atoms with Crippen LogP contribution in [-0.2, 0) is 14.3 Å². The quantitative estimate of drug-likeness (QED) is 0.851. The van der Waals surface area contributed by atoms with Crippen molar-refractivity contribution in [3.63, 3.8) is 0 Å². The molecular formula is C15H23NO4. The number of methoxy groups -OCH3 is 1. The number of carboxylic acids is 1. The molecule has 3 rings (SSSR count). The largest absolute Gasteiger partial charge is 0.481 e. The number of hydrogen-bond donors (Lipinski definition) is 1. The molecule has 1 aliphatic heterocycles. The van der Waals surface area contributed by atoms with Gasteiger partial charge in [-0.3, -0.25) is 9.59 Å². The second-order valence-corrected chi connectivity index (χ2v) is 6.66. The molecule has 0 aromatic carbocycles. The fraction of sp³-hybridized carbons (Fsp3) is 0.867. The Morgan fingerprint density at radius 3 is 2.65 bits per heavy atom. The van der Waals surface area contributed by atoms with Crippen LogP contribution in [-0.4, -0.2) is 47.7 Å². The van der Waals surface area contributed by atoms with Gasteiger partial charge in [0.1, 0.15) is 0 Å². The number of carbonyl (C=O) groups is 2. The van der Waals surface area contributed by atoms with Crippen molar-refractivity contribution in [3.8, 4) is 0 Å². The van der Waals surface area contributed by atoms with Crippen molar-refractivity contribution >= 4 is 11.9 Å². The Labute approximate surface area is 119 Å². The Balaban J connectivity index is 1.67. The van der Waals surface area contributed by atoms with E-state index in [-0.39, 0.29) is 35.8 Å². The molecule has 0 aromatic heterocycles. The van der Waals surface area contributed by atoms with E-state index in [2.05, 4.69) is 0 Å². The minimum absolute atomic E-state index is 0.0124. The van der Waals surface area contributed by atoms with E-state index in [0.29, 0.717) is 13.0 Å². The molecule has 1 N–H and O–H groups in total. The Hall–Kier alpha value is -1.10. The molecule has 3 aliphatic rings. The number of carbonyl (C=O) groups excluding carboxylic acids is 1. The first-order chi connectivity index (χ1) is 9.55. The lowest BCUT2D eigenvalue weighted by atomic mass is 10.0. The summed E-state index contributed by atoms with van der Waals surface area (Å²) >= 11 is 0. The van der Waals surface area contributed by atoms with Gasteiger partial charge >= 0.3 is 5.97 Å². The average molecular weight is 281 g/mol. The Kier molecular flexibility index (Phi) is 3.48. The zero-order valence-electron chi connectivity index (χ0n) is 12.0. The summed E-state index contributed by atoms with van der Waals surface area (Å²) in [6, 6.07) is -0.191. The lowest BCUT2D eigenvalue weighted by Gasteiger charge is -2.24. The van der Waals surface area contributed by atoms with E-state index in [4.69, 9.17) is 9.84 Å². The fourth-order valence-electron chi connectivity index (χ4n) is 4.24. The number of aliphatic carboxylic acids is 1. The van der Waals surface area contributed by atoms with Gasteiger partial charge in [0.2, 0.25) is 5.91 Å². The van der Waals surface area contributed by atoms with Crippen molar-refractivity contribution in [1.82, 2.24) is 4.90 Å². The van der Waals surface area contributed by atoms with Crippen molar-refractivity contribution < 1.29 is 19.4 Å². The van der Waals surface area contributed by atoms with Crippen molar-refractivity contribution in [3.05, 3.63) is 0 Å². The summed E-state index contributed by atoms with van der Waals surface area (Å²) < 4.78 is 5.33. The average Bonchev–Trinajstić information content (AvgIpc) is 2.74. The van der Waals surface area contributed by atoms with Crippen LogP contribution in [0.3, 0.4) is 0 Å². The Morgan fingerprint density at radius 2 is 2.05 bits per heavy atom. The summed E-state index contributed by atoms with van der Waals surface area (Å²) in [6.45, 7) is 0.555.